The van der Waals surface area contributed by atoms with Crippen LogP contribution in [0.4, 0.5) is 16.3 Å². The summed E-state index contributed by atoms with van der Waals surface area (Å²) in [7, 11) is -4.29. The molecule has 0 unspecified atom stereocenters. The first kappa shape index (κ1) is 22.3. The smallest absolute Gasteiger partial charge is 0.310 e. The van der Waals surface area contributed by atoms with Crippen LogP contribution in [-0.2, 0) is 14.8 Å². The molecule has 0 saturated carbocycles. The summed E-state index contributed by atoms with van der Waals surface area (Å²) >= 11 is 0. The van der Waals surface area contributed by atoms with E-state index in [1.54, 1.807) is 0 Å². The Morgan fingerprint density at radius 1 is 0.966 bits per heavy atom. The molecule has 29 heavy (non-hydrogen) atoms. The fourth-order valence-corrected chi connectivity index (χ4v) is 3.54. The van der Waals surface area contributed by atoms with Crippen molar-refractivity contribution in [2.75, 3.05) is 10.6 Å². The van der Waals surface area contributed by atoms with E-state index in [2.05, 4.69) is 20.6 Å². The van der Waals surface area contributed by atoms with Crippen molar-refractivity contribution in [3.05, 3.63) is 41.7 Å². The number of carbonyl (C=O) groups is 2. The van der Waals surface area contributed by atoms with Gasteiger partial charge in [-0.25, -0.2) is 14.5 Å². The molecule has 9 nitrogen and oxygen atoms in total. The molecule has 3 N–H and O–H groups in total. The molecule has 2 rings (SSSR count). The van der Waals surface area contributed by atoms with Crippen molar-refractivity contribution in [1.82, 2.24) is 14.7 Å². The molecule has 0 radical (unpaired) electrons. The third-order valence-corrected chi connectivity index (χ3v) is 5.23. The number of hydrogen-bond donors (Lipinski definition) is 3. The SMILES string of the molecule is CC(=O)Nc1cncc(S(=O)(=O)NC(=O)Nc2c(C(C)C)cccc2C(C)C)n1. The van der Waals surface area contributed by atoms with E-state index >= 15 is 0 Å². The number of rotatable bonds is 6. The first-order valence-corrected chi connectivity index (χ1v) is 10.6. The van der Waals surface area contributed by atoms with Gasteiger partial charge in [0.25, 0.3) is 10.0 Å². The summed E-state index contributed by atoms with van der Waals surface area (Å²) in [6, 6.07) is 4.78. The standard InChI is InChI=1S/C19H25N5O4S/c1-11(2)14-7-6-8-15(12(3)4)18(14)23-19(26)24-29(27,28)17-10-20-9-16(22-17)21-13(5)25/h6-12H,1-5H3,(H,21,22,25)(H2,23,24,26). The summed E-state index contributed by atoms with van der Waals surface area (Å²) in [4.78, 5) is 31.2. The van der Waals surface area contributed by atoms with Crippen molar-refractivity contribution in [3.63, 3.8) is 0 Å². The van der Waals surface area contributed by atoms with Crippen molar-refractivity contribution in [2.24, 2.45) is 0 Å². The average Bonchev–Trinajstić information content (AvgIpc) is 2.60. The lowest BCUT2D eigenvalue weighted by Crippen LogP contribution is -2.35. The lowest BCUT2D eigenvalue weighted by atomic mass is 9.93. The lowest BCUT2D eigenvalue weighted by molar-refractivity contribution is -0.114. The highest BCUT2D eigenvalue weighted by molar-refractivity contribution is 7.90. The van der Waals surface area contributed by atoms with E-state index < -0.39 is 27.0 Å². The van der Waals surface area contributed by atoms with Gasteiger partial charge in [-0.2, -0.15) is 8.42 Å². The molecule has 3 amide bonds. The molecule has 0 aliphatic carbocycles. The molecule has 0 aliphatic rings. The third kappa shape index (κ3) is 5.74. The van der Waals surface area contributed by atoms with Crippen molar-refractivity contribution >= 4 is 33.5 Å². The number of carbonyl (C=O) groups excluding carboxylic acids is 2. The maximum Gasteiger partial charge on any atom is 0.333 e. The number of amides is 3. The van der Waals surface area contributed by atoms with Crippen LogP contribution < -0.4 is 15.4 Å². The second kappa shape index (κ2) is 8.99. The highest BCUT2D eigenvalue weighted by atomic mass is 32.2. The van der Waals surface area contributed by atoms with E-state index in [-0.39, 0.29) is 17.7 Å². The average molecular weight is 420 g/mol. The maximum absolute atomic E-state index is 12.5. The molecular formula is C19H25N5O4S. The Bertz CT molecular complexity index is 993. The van der Waals surface area contributed by atoms with Gasteiger partial charge in [-0.15, -0.1) is 0 Å². The Labute approximate surface area is 170 Å². The van der Waals surface area contributed by atoms with Gasteiger partial charge in [0, 0.05) is 12.6 Å². The van der Waals surface area contributed by atoms with Crippen LogP contribution in [0, 0.1) is 0 Å². The number of nitrogens with zero attached hydrogens (tertiary/aromatic N) is 2. The summed E-state index contributed by atoms with van der Waals surface area (Å²) in [6.45, 7) is 9.21. The minimum atomic E-state index is -4.29. The molecule has 1 heterocycles. The number of aromatic nitrogens is 2. The number of sulfonamides is 1. The zero-order valence-corrected chi connectivity index (χ0v) is 17.8. The normalized spacial score (nSPS) is 11.4. The summed E-state index contributed by atoms with van der Waals surface area (Å²) in [5.74, 6) is -0.208. The zero-order chi connectivity index (χ0) is 21.8. The molecule has 0 spiro atoms. The topological polar surface area (TPSA) is 130 Å². The van der Waals surface area contributed by atoms with Gasteiger partial charge in [0.2, 0.25) is 5.91 Å². The Balaban J connectivity index is 2.28. The molecule has 0 atom stereocenters. The quantitative estimate of drug-likeness (QED) is 0.659. The molecule has 0 bridgehead atoms. The number of nitrogens with one attached hydrogen (secondary N) is 3. The third-order valence-electron chi connectivity index (χ3n) is 4.03. The van der Waals surface area contributed by atoms with Crippen LogP contribution in [0.25, 0.3) is 0 Å². The van der Waals surface area contributed by atoms with E-state index in [0.29, 0.717) is 5.69 Å². The highest BCUT2D eigenvalue weighted by Crippen LogP contribution is 2.32. The van der Waals surface area contributed by atoms with Crippen molar-refractivity contribution < 1.29 is 18.0 Å². The molecule has 156 valence electrons. The van der Waals surface area contributed by atoms with E-state index in [4.69, 9.17) is 0 Å². The maximum atomic E-state index is 12.5. The number of para-hydroxylation sites is 1. The Morgan fingerprint density at radius 3 is 2.07 bits per heavy atom. The minimum Gasteiger partial charge on any atom is -0.310 e. The van der Waals surface area contributed by atoms with Crippen LogP contribution in [0.5, 0.6) is 0 Å². The predicted octanol–water partition coefficient (Wildman–Crippen LogP) is 3.19. The van der Waals surface area contributed by atoms with Gasteiger partial charge in [0.15, 0.2) is 10.8 Å². The number of benzene rings is 1. The number of anilines is 2. The largest absolute Gasteiger partial charge is 0.333 e. The number of urea groups is 1. The highest BCUT2D eigenvalue weighted by Gasteiger charge is 2.22. The molecular weight excluding hydrogens is 394 g/mol. The summed E-state index contributed by atoms with van der Waals surface area (Å²) in [5.41, 5.74) is 2.38. The van der Waals surface area contributed by atoms with Crippen molar-refractivity contribution in [2.45, 2.75) is 51.5 Å². The molecule has 0 saturated heterocycles. The molecule has 10 heteroatoms. The monoisotopic (exact) mass is 419 g/mol. The fraction of sp³-hybridized carbons (Fsp3) is 0.368. The first-order chi connectivity index (χ1) is 13.5. The summed E-state index contributed by atoms with van der Waals surface area (Å²) in [5, 5.41) is 4.53. The summed E-state index contributed by atoms with van der Waals surface area (Å²) < 4.78 is 27.0. The Kier molecular flexibility index (Phi) is 6.91. The number of hydrogen-bond acceptors (Lipinski definition) is 6. The Morgan fingerprint density at radius 2 is 1.55 bits per heavy atom. The molecule has 0 aliphatic heterocycles. The molecule has 0 fully saturated rings. The first-order valence-electron chi connectivity index (χ1n) is 9.07. The second-order valence-electron chi connectivity index (χ2n) is 7.10. The van der Waals surface area contributed by atoms with Gasteiger partial charge in [-0.05, 0) is 23.0 Å². The van der Waals surface area contributed by atoms with Crippen LogP contribution in [0.1, 0.15) is 57.6 Å². The van der Waals surface area contributed by atoms with Crippen LogP contribution in [0.3, 0.4) is 0 Å². The lowest BCUT2D eigenvalue weighted by Gasteiger charge is -2.20. The van der Waals surface area contributed by atoms with Gasteiger partial charge in [-0.1, -0.05) is 45.9 Å². The van der Waals surface area contributed by atoms with Crippen LogP contribution in [0.2, 0.25) is 0 Å². The predicted molar refractivity (Wildman–Crippen MR) is 110 cm³/mol. The van der Waals surface area contributed by atoms with Gasteiger partial charge < -0.3 is 10.6 Å². The molecule has 1 aromatic heterocycles. The van der Waals surface area contributed by atoms with Gasteiger partial charge in [0.1, 0.15) is 0 Å². The second-order valence-corrected chi connectivity index (χ2v) is 8.73. The van der Waals surface area contributed by atoms with Gasteiger partial charge >= 0.3 is 6.03 Å². The van der Waals surface area contributed by atoms with Crippen LogP contribution >= 0.6 is 0 Å². The van der Waals surface area contributed by atoms with E-state index in [0.717, 1.165) is 17.3 Å². The molecule has 2 aromatic rings. The van der Waals surface area contributed by atoms with Crippen molar-refractivity contribution in [3.8, 4) is 0 Å². The summed E-state index contributed by atoms with van der Waals surface area (Å²) in [6.07, 6.45) is 2.19. The van der Waals surface area contributed by atoms with Crippen molar-refractivity contribution in [1.29, 1.82) is 0 Å². The van der Waals surface area contributed by atoms with Crippen LogP contribution in [0.15, 0.2) is 35.6 Å². The zero-order valence-electron chi connectivity index (χ0n) is 17.0. The van der Waals surface area contributed by atoms with E-state index in [1.165, 1.54) is 13.1 Å². The van der Waals surface area contributed by atoms with E-state index in [9.17, 15) is 18.0 Å². The minimum absolute atomic E-state index is 0.0342. The van der Waals surface area contributed by atoms with Crippen LogP contribution in [-0.4, -0.2) is 30.3 Å². The van der Waals surface area contributed by atoms with Gasteiger partial charge in [0.05, 0.1) is 12.4 Å². The van der Waals surface area contributed by atoms with E-state index in [1.807, 2.05) is 50.6 Å². The molecule has 1 aromatic carbocycles. The van der Waals surface area contributed by atoms with Gasteiger partial charge in [-0.3, -0.25) is 9.78 Å². The Hall–Kier alpha value is -3.01. The fourth-order valence-electron chi connectivity index (χ4n) is 2.73.